The number of hydrogen-bond donors (Lipinski definition) is 1. The first-order valence-electron chi connectivity index (χ1n) is 7.68. The molecule has 1 rings (SSSR count). The number of nitrogens with zero attached hydrogens (tertiary/aromatic N) is 1. The van der Waals surface area contributed by atoms with Gasteiger partial charge in [-0.05, 0) is 49.1 Å². The highest BCUT2D eigenvalue weighted by atomic mass is 35.5. The molecular formula is C16H27ClN2O4S2. The lowest BCUT2D eigenvalue weighted by molar-refractivity contribution is -0.131. The summed E-state index contributed by atoms with van der Waals surface area (Å²) in [5.41, 5.74) is 5.86. The van der Waals surface area contributed by atoms with Crippen LogP contribution in [0.4, 0.5) is 0 Å². The van der Waals surface area contributed by atoms with E-state index in [2.05, 4.69) is 0 Å². The van der Waals surface area contributed by atoms with Gasteiger partial charge in [0.25, 0.3) is 0 Å². The van der Waals surface area contributed by atoms with Crippen LogP contribution in [0.25, 0.3) is 0 Å². The minimum Gasteiger partial charge on any atom is -0.494 e. The quantitative estimate of drug-likeness (QED) is 0.592. The van der Waals surface area contributed by atoms with Crippen molar-refractivity contribution in [1.29, 1.82) is 0 Å². The Morgan fingerprint density at radius 1 is 1.32 bits per heavy atom. The van der Waals surface area contributed by atoms with Crippen LogP contribution in [0.15, 0.2) is 29.2 Å². The highest BCUT2D eigenvalue weighted by Crippen LogP contribution is 2.16. The maximum absolute atomic E-state index is 12.0. The molecule has 0 bridgehead atoms. The summed E-state index contributed by atoms with van der Waals surface area (Å²) in [6.07, 6.45) is 4.50. The molecule has 1 amide bonds. The minimum absolute atomic E-state index is 0. The summed E-state index contributed by atoms with van der Waals surface area (Å²) in [6, 6.07) is 5.84. The molecule has 0 aliphatic heterocycles. The number of amides is 1. The maximum Gasteiger partial charge on any atom is 0.239 e. The van der Waals surface area contributed by atoms with Crippen LogP contribution in [-0.4, -0.2) is 63.7 Å². The molecule has 0 fully saturated rings. The Hall–Kier alpha value is -0.960. The van der Waals surface area contributed by atoms with Gasteiger partial charge in [0.2, 0.25) is 5.91 Å². The number of ether oxygens (including phenoxy) is 1. The van der Waals surface area contributed by atoms with Gasteiger partial charge in [0.1, 0.15) is 5.75 Å². The Morgan fingerprint density at radius 2 is 1.92 bits per heavy atom. The van der Waals surface area contributed by atoms with Crippen LogP contribution in [0.2, 0.25) is 0 Å². The van der Waals surface area contributed by atoms with Crippen LogP contribution in [0, 0.1) is 0 Å². The number of carbonyl (C=O) groups excluding carboxylic acids is 1. The lowest BCUT2D eigenvalue weighted by Crippen LogP contribution is -2.42. The summed E-state index contributed by atoms with van der Waals surface area (Å²) in [5, 5.41) is 0. The molecule has 0 saturated heterocycles. The normalized spacial score (nSPS) is 12.2. The Bertz CT molecular complexity index is 624. The van der Waals surface area contributed by atoms with Crippen molar-refractivity contribution in [2.45, 2.75) is 23.8 Å². The van der Waals surface area contributed by atoms with Crippen LogP contribution < -0.4 is 10.5 Å². The molecule has 0 spiro atoms. The number of thioether (sulfide) groups is 1. The van der Waals surface area contributed by atoms with Crippen LogP contribution in [-0.2, 0) is 14.6 Å². The van der Waals surface area contributed by atoms with Crippen molar-refractivity contribution in [3.05, 3.63) is 24.3 Å². The first-order chi connectivity index (χ1) is 11.3. The second-order valence-electron chi connectivity index (χ2n) is 5.59. The van der Waals surface area contributed by atoms with E-state index in [9.17, 15) is 13.2 Å². The highest BCUT2D eigenvalue weighted by molar-refractivity contribution is 7.98. The predicted molar refractivity (Wildman–Crippen MR) is 106 cm³/mol. The number of nitrogens with two attached hydrogens (primary N) is 1. The van der Waals surface area contributed by atoms with Gasteiger partial charge in [0, 0.05) is 19.8 Å². The molecule has 1 aromatic carbocycles. The molecule has 0 saturated carbocycles. The summed E-state index contributed by atoms with van der Waals surface area (Å²) >= 11 is 1.67. The SMILES string of the molecule is CSCC[C@H](N)C(=O)N(C)CCCOc1ccc(S(C)(=O)=O)cc1.Cl. The van der Waals surface area contributed by atoms with Crippen LogP contribution in [0.3, 0.4) is 0 Å². The molecule has 0 heterocycles. The van der Waals surface area contributed by atoms with Gasteiger partial charge < -0.3 is 15.4 Å². The third-order valence-electron chi connectivity index (χ3n) is 3.48. The number of sulfone groups is 1. The van der Waals surface area contributed by atoms with Crippen LogP contribution in [0.5, 0.6) is 5.75 Å². The van der Waals surface area contributed by atoms with E-state index in [1.165, 1.54) is 18.4 Å². The molecule has 2 N–H and O–H groups in total. The number of benzene rings is 1. The van der Waals surface area contributed by atoms with Crippen molar-refractivity contribution >= 4 is 39.9 Å². The average molecular weight is 411 g/mol. The fraction of sp³-hybridized carbons (Fsp3) is 0.562. The number of likely N-dealkylation sites (N-methyl/N-ethyl adjacent to an activating group) is 1. The Morgan fingerprint density at radius 3 is 2.44 bits per heavy atom. The fourth-order valence-corrected chi connectivity index (χ4v) is 3.16. The fourth-order valence-electron chi connectivity index (χ4n) is 2.04. The monoisotopic (exact) mass is 410 g/mol. The molecule has 0 radical (unpaired) electrons. The zero-order valence-corrected chi connectivity index (χ0v) is 17.3. The van der Waals surface area contributed by atoms with Gasteiger partial charge in [-0.3, -0.25) is 4.79 Å². The molecule has 0 aromatic heterocycles. The molecule has 0 aliphatic carbocycles. The van der Waals surface area contributed by atoms with Gasteiger partial charge >= 0.3 is 0 Å². The summed E-state index contributed by atoms with van der Waals surface area (Å²) < 4.78 is 28.3. The third-order valence-corrected chi connectivity index (χ3v) is 5.26. The number of halogens is 1. The Kier molecular flexibility index (Phi) is 11.2. The molecule has 144 valence electrons. The number of hydrogen-bond acceptors (Lipinski definition) is 6. The van der Waals surface area contributed by atoms with Gasteiger partial charge in [-0.2, -0.15) is 11.8 Å². The maximum atomic E-state index is 12.0. The van der Waals surface area contributed by atoms with E-state index >= 15 is 0 Å². The van der Waals surface area contributed by atoms with Gasteiger partial charge in [0.15, 0.2) is 9.84 Å². The molecular weight excluding hydrogens is 384 g/mol. The average Bonchev–Trinajstić information content (AvgIpc) is 2.55. The predicted octanol–water partition coefficient (Wildman–Crippen LogP) is 1.82. The van der Waals surface area contributed by atoms with E-state index in [4.69, 9.17) is 10.5 Å². The first kappa shape index (κ1) is 24.0. The second-order valence-corrected chi connectivity index (χ2v) is 8.59. The topological polar surface area (TPSA) is 89.7 Å². The van der Waals surface area contributed by atoms with Crippen LogP contribution >= 0.6 is 24.2 Å². The van der Waals surface area contributed by atoms with Crippen molar-refractivity contribution in [3.63, 3.8) is 0 Å². The number of carbonyl (C=O) groups is 1. The van der Waals surface area contributed by atoms with E-state index in [1.807, 2.05) is 6.26 Å². The summed E-state index contributed by atoms with van der Waals surface area (Å²) in [7, 11) is -1.46. The molecule has 9 heteroatoms. The van der Waals surface area contributed by atoms with Crippen molar-refractivity contribution in [3.8, 4) is 5.75 Å². The van der Waals surface area contributed by atoms with Crippen molar-refractivity contribution in [2.75, 3.05) is 38.5 Å². The standard InChI is InChI=1S/C16H26N2O4S2.ClH/c1-18(16(19)15(17)9-12-23-2)10-4-11-22-13-5-7-14(8-6-13)24(3,20)21;/h5-8,15H,4,9-12,17H2,1-3H3;1H/t15-;/m0./s1. The van der Waals surface area contributed by atoms with E-state index in [0.717, 1.165) is 5.75 Å². The van der Waals surface area contributed by atoms with Crippen molar-refractivity contribution in [2.24, 2.45) is 5.73 Å². The van der Waals surface area contributed by atoms with Gasteiger partial charge in [-0.15, -0.1) is 12.4 Å². The van der Waals surface area contributed by atoms with E-state index in [1.54, 1.807) is 35.8 Å². The summed E-state index contributed by atoms with van der Waals surface area (Å²) in [5.74, 6) is 1.42. The number of rotatable bonds is 10. The molecule has 6 nitrogen and oxygen atoms in total. The van der Waals surface area contributed by atoms with Gasteiger partial charge in [-0.25, -0.2) is 8.42 Å². The van der Waals surface area contributed by atoms with Gasteiger partial charge in [0.05, 0.1) is 17.5 Å². The van der Waals surface area contributed by atoms with Gasteiger partial charge in [-0.1, -0.05) is 0 Å². The Balaban J connectivity index is 0.00000576. The van der Waals surface area contributed by atoms with Crippen LogP contribution in [0.1, 0.15) is 12.8 Å². The molecule has 0 unspecified atom stereocenters. The van der Waals surface area contributed by atoms with E-state index in [-0.39, 0.29) is 23.2 Å². The Labute approximate surface area is 160 Å². The lowest BCUT2D eigenvalue weighted by atomic mass is 10.2. The molecule has 0 aliphatic rings. The largest absolute Gasteiger partial charge is 0.494 e. The van der Waals surface area contributed by atoms with Crippen molar-refractivity contribution in [1.82, 2.24) is 4.90 Å². The van der Waals surface area contributed by atoms with Crippen molar-refractivity contribution < 1.29 is 17.9 Å². The lowest BCUT2D eigenvalue weighted by Gasteiger charge is -2.21. The van der Waals surface area contributed by atoms with E-state index < -0.39 is 15.9 Å². The molecule has 1 aromatic rings. The smallest absolute Gasteiger partial charge is 0.239 e. The minimum atomic E-state index is -3.19. The molecule has 25 heavy (non-hydrogen) atoms. The zero-order valence-electron chi connectivity index (χ0n) is 14.8. The van der Waals surface area contributed by atoms with E-state index in [0.29, 0.717) is 31.7 Å². The first-order valence-corrected chi connectivity index (χ1v) is 11.0. The summed E-state index contributed by atoms with van der Waals surface area (Å²) in [4.78, 5) is 13.9. The zero-order chi connectivity index (χ0) is 18.2. The highest BCUT2D eigenvalue weighted by Gasteiger charge is 2.17. The second kappa shape index (κ2) is 11.6. The third kappa shape index (κ3) is 8.80. The summed E-state index contributed by atoms with van der Waals surface area (Å²) in [6.45, 7) is 1.00. The molecule has 1 atom stereocenters.